The van der Waals surface area contributed by atoms with E-state index in [9.17, 15) is 9.90 Å². The van der Waals surface area contributed by atoms with Crippen LogP contribution in [0.3, 0.4) is 0 Å². The van der Waals surface area contributed by atoms with Crippen molar-refractivity contribution in [2.45, 2.75) is 26.1 Å². The second kappa shape index (κ2) is 4.55. The van der Waals surface area contributed by atoms with Crippen LogP contribution in [0.15, 0.2) is 24.3 Å². The summed E-state index contributed by atoms with van der Waals surface area (Å²) in [4.78, 5) is 11.7. The summed E-state index contributed by atoms with van der Waals surface area (Å²) in [5.74, 6) is -0.277. The van der Waals surface area contributed by atoms with Gasteiger partial charge in [-0.2, -0.15) is 0 Å². The number of hydrogen-bond donors (Lipinski definition) is 1. The van der Waals surface area contributed by atoms with Crippen LogP contribution in [0.2, 0.25) is 0 Å². The van der Waals surface area contributed by atoms with Gasteiger partial charge >= 0.3 is 0 Å². The third-order valence-electron chi connectivity index (χ3n) is 2.06. The average molecular weight is 208 g/mol. The molecule has 0 aliphatic rings. The Morgan fingerprint density at radius 2 is 2.13 bits per heavy atom. The largest absolute Gasteiger partial charge is 0.382 e. The van der Waals surface area contributed by atoms with Gasteiger partial charge in [0.15, 0.2) is 5.78 Å². The minimum Gasteiger partial charge on any atom is -0.382 e. The van der Waals surface area contributed by atoms with Crippen LogP contribution < -0.4 is 0 Å². The zero-order chi connectivity index (χ0) is 11.5. The van der Waals surface area contributed by atoms with E-state index in [0.717, 1.165) is 5.56 Å². The number of ether oxygens (including phenoxy) is 1. The Kier molecular flexibility index (Phi) is 3.61. The Morgan fingerprint density at radius 1 is 1.47 bits per heavy atom. The summed E-state index contributed by atoms with van der Waals surface area (Å²) in [6, 6.07) is 7.10. The molecule has 1 aromatic carbocycles. The van der Waals surface area contributed by atoms with Gasteiger partial charge in [0.25, 0.3) is 0 Å². The van der Waals surface area contributed by atoms with Crippen LogP contribution in [0, 0.1) is 0 Å². The van der Waals surface area contributed by atoms with Crippen molar-refractivity contribution in [3.8, 4) is 0 Å². The van der Waals surface area contributed by atoms with Crippen LogP contribution >= 0.6 is 0 Å². The Bertz CT molecular complexity index is 350. The first kappa shape index (κ1) is 11.9. The smallest absolute Gasteiger partial charge is 0.193 e. The minimum atomic E-state index is -1.33. The molecule has 1 aromatic rings. The molecule has 0 bridgehead atoms. The van der Waals surface area contributed by atoms with E-state index in [1.54, 1.807) is 25.3 Å². The third-order valence-corrected chi connectivity index (χ3v) is 2.06. The lowest BCUT2D eigenvalue weighted by Crippen LogP contribution is -2.31. The quantitative estimate of drug-likeness (QED) is 0.767. The number of hydrogen-bond acceptors (Lipinski definition) is 3. The molecule has 0 aromatic heterocycles. The zero-order valence-electron chi connectivity index (χ0n) is 9.28. The average Bonchev–Trinajstić information content (AvgIpc) is 2.16. The summed E-state index contributed by atoms with van der Waals surface area (Å²) < 4.78 is 4.97. The highest BCUT2D eigenvalue weighted by molar-refractivity contribution is 6.01. The molecule has 0 heterocycles. The molecule has 82 valence electrons. The van der Waals surface area contributed by atoms with E-state index >= 15 is 0 Å². The number of aliphatic hydroxyl groups is 1. The van der Waals surface area contributed by atoms with E-state index in [0.29, 0.717) is 12.2 Å². The summed E-state index contributed by atoms with van der Waals surface area (Å²) in [5, 5.41) is 9.58. The van der Waals surface area contributed by atoms with Gasteiger partial charge in [-0.15, -0.1) is 0 Å². The van der Waals surface area contributed by atoms with Crippen molar-refractivity contribution in [2.24, 2.45) is 0 Å². The maximum Gasteiger partial charge on any atom is 0.193 e. The first-order valence-electron chi connectivity index (χ1n) is 4.80. The van der Waals surface area contributed by atoms with Crippen LogP contribution in [0.4, 0.5) is 0 Å². The topological polar surface area (TPSA) is 46.5 Å². The molecule has 0 radical (unpaired) electrons. The number of Topliss-reactive ketones (excluding diaryl/α,β-unsaturated/α-hetero) is 1. The van der Waals surface area contributed by atoms with Gasteiger partial charge in [0.05, 0.1) is 6.61 Å². The van der Waals surface area contributed by atoms with Crippen LogP contribution in [-0.4, -0.2) is 23.6 Å². The van der Waals surface area contributed by atoms with Crippen molar-refractivity contribution in [1.82, 2.24) is 0 Å². The number of carbonyl (C=O) groups excluding carboxylic acids is 1. The predicted octanol–water partition coefficient (Wildman–Crippen LogP) is 1.79. The fraction of sp³-hybridized carbons (Fsp3) is 0.417. The first-order valence-corrected chi connectivity index (χ1v) is 4.80. The molecule has 0 spiro atoms. The molecule has 0 unspecified atom stereocenters. The molecule has 0 saturated heterocycles. The molecule has 15 heavy (non-hydrogen) atoms. The molecule has 0 aliphatic carbocycles. The van der Waals surface area contributed by atoms with Crippen molar-refractivity contribution < 1.29 is 14.6 Å². The lowest BCUT2D eigenvalue weighted by molar-refractivity contribution is 0.0487. The van der Waals surface area contributed by atoms with Crippen LogP contribution in [0.25, 0.3) is 0 Å². The molecule has 3 nitrogen and oxygen atoms in total. The Hall–Kier alpha value is -1.19. The molecule has 1 N–H and O–H groups in total. The first-order chi connectivity index (χ1) is 6.95. The standard InChI is InChI=1S/C12H16O3/c1-12(2,14)11(13)10-6-4-5-9(7-10)8-15-3/h4-7,14H,8H2,1-3H3. The normalized spacial score (nSPS) is 11.5. The predicted molar refractivity (Wildman–Crippen MR) is 57.8 cm³/mol. The minimum absolute atomic E-state index is 0.277. The highest BCUT2D eigenvalue weighted by atomic mass is 16.5. The monoisotopic (exact) mass is 208 g/mol. The van der Waals surface area contributed by atoms with Crippen LogP contribution in [0.1, 0.15) is 29.8 Å². The SMILES string of the molecule is COCc1cccc(C(=O)C(C)(C)O)c1. The summed E-state index contributed by atoms with van der Waals surface area (Å²) in [6.45, 7) is 3.43. The number of benzene rings is 1. The number of carbonyl (C=O) groups is 1. The number of rotatable bonds is 4. The second-order valence-electron chi connectivity index (χ2n) is 4.02. The lowest BCUT2D eigenvalue weighted by Gasteiger charge is -2.15. The molecule has 0 saturated carbocycles. The van der Waals surface area contributed by atoms with Crippen molar-refractivity contribution in [2.75, 3.05) is 7.11 Å². The number of ketones is 1. The van der Waals surface area contributed by atoms with Gasteiger partial charge in [0, 0.05) is 12.7 Å². The highest BCUT2D eigenvalue weighted by Gasteiger charge is 2.25. The van der Waals surface area contributed by atoms with Gasteiger partial charge < -0.3 is 9.84 Å². The molecule has 0 fully saturated rings. The van der Waals surface area contributed by atoms with E-state index in [-0.39, 0.29) is 5.78 Å². The van der Waals surface area contributed by atoms with Gasteiger partial charge in [-0.25, -0.2) is 0 Å². The van der Waals surface area contributed by atoms with Gasteiger partial charge in [-0.3, -0.25) is 4.79 Å². The summed E-state index contributed by atoms with van der Waals surface area (Å²) in [5.41, 5.74) is 0.107. The van der Waals surface area contributed by atoms with Crippen molar-refractivity contribution in [1.29, 1.82) is 0 Å². The zero-order valence-corrected chi connectivity index (χ0v) is 9.28. The van der Waals surface area contributed by atoms with Crippen molar-refractivity contribution >= 4 is 5.78 Å². The molecular weight excluding hydrogens is 192 g/mol. The molecule has 0 atom stereocenters. The van der Waals surface area contributed by atoms with E-state index < -0.39 is 5.60 Å². The maximum absolute atomic E-state index is 11.7. The second-order valence-corrected chi connectivity index (χ2v) is 4.02. The fourth-order valence-electron chi connectivity index (χ4n) is 1.32. The van der Waals surface area contributed by atoms with E-state index in [1.807, 2.05) is 6.07 Å². The number of methoxy groups -OCH3 is 1. The van der Waals surface area contributed by atoms with Crippen molar-refractivity contribution in [3.05, 3.63) is 35.4 Å². The van der Waals surface area contributed by atoms with E-state index in [1.165, 1.54) is 13.8 Å². The molecule has 0 aliphatic heterocycles. The lowest BCUT2D eigenvalue weighted by atomic mass is 9.96. The molecule has 3 heteroatoms. The molecule has 0 amide bonds. The Morgan fingerprint density at radius 3 is 2.67 bits per heavy atom. The van der Waals surface area contributed by atoms with E-state index in [2.05, 4.69) is 0 Å². The fourth-order valence-corrected chi connectivity index (χ4v) is 1.32. The summed E-state index contributed by atoms with van der Waals surface area (Å²) in [6.07, 6.45) is 0. The molecule has 1 rings (SSSR count). The van der Waals surface area contributed by atoms with Gasteiger partial charge in [-0.05, 0) is 25.5 Å². The van der Waals surface area contributed by atoms with Crippen molar-refractivity contribution in [3.63, 3.8) is 0 Å². The van der Waals surface area contributed by atoms with Gasteiger partial charge in [0.2, 0.25) is 0 Å². The Balaban J connectivity index is 2.95. The van der Waals surface area contributed by atoms with Gasteiger partial charge in [-0.1, -0.05) is 18.2 Å². The van der Waals surface area contributed by atoms with Gasteiger partial charge in [0.1, 0.15) is 5.60 Å². The Labute approximate surface area is 89.7 Å². The van der Waals surface area contributed by atoms with Crippen LogP contribution in [-0.2, 0) is 11.3 Å². The summed E-state index contributed by atoms with van der Waals surface area (Å²) in [7, 11) is 1.60. The summed E-state index contributed by atoms with van der Waals surface area (Å²) >= 11 is 0. The molecular formula is C12H16O3. The van der Waals surface area contributed by atoms with E-state index in [4.69, 9.17) is 4.74 Å². The maximum atomic E-state index is 11.7. The van der Waals surface area contributed by atoms with Crippen LogP contribution in [0.5, 0.6) is 0 Å². The highest BCUT2D eigenvalue weighted by Crippen LogP contribution is 2.14. The third kappa shape index (κ3) is 3.15.